The molecule has 3 N–H and O–H groups in total. The molecule has 0 heterocycles. The molecule has 3 aromatic carbocycles. The molecule has 0 fully saturated rings. The van der Waals surface area contributed by atoms with Crippen molar-refractivity contribution in [2.24, 2.45) is 5.73 Å². The van der Waals surface area contributed by atoms with Crippen molar-refractivity contribution in [3.8, 4) is 0 Å². The fraction of sp³-hybridized carbons (Fsp3) is 0. The van der Waals surface area contributed by atoms with Crippen molar-refractivity contribution >= 4 is 28.3 Å². The lowest BCUT2D eigenvalue weighted by atomic mass is 10.0. The number of rotatable bonds is 3. The topological polar surface area (TPSA) is 83.6 Å². The van der Waals surface area contributed by atoms with Crippen molar-refractivity contribution in [1.82, 2.24) is 0 Å². The van der Waals surface area contributed by atoms with Crippen LogP contribution in [0, 0.1) is 5.82 Å². The highest BCUT2D eigenvalue weighted by atomic mass is 19.1. The molecule has 120 valence electrons. The van der Waals surface area contributed by atoms with Crippen LogP contribution in [0.25, 0.3) is 10.8 Å². The van der Waals surface area contributed by atoms with Crippen molar-refractivity contribution in [2.45, 2.75) is 0 Å². The van der Waals surface area contributed by atoms with Gasteiger partial charge in [-0.15, -0.1) is 0 Å². The lowest BCUT2D eigenvalue weighted by Crippen LogP contribution is -2.27. The van der Waals surface area contributed by atoms with Crippen LogP contribution >= 0.6 is 0 Å². The zero-order valence-electron chi connectivity index (χ0n) is 12.4. The van der Waals surface area contributed by atoms with Crippen LogP contribution in [0.15, 0.2) is 60.7 Å². The molecule has 0 unspecified atom stereocenters. The van der Waals surface area contributed by atoms with Crippen LogP contribution in [0.5, 0.6) is 0 Å². The summed E-state index contributed by atoms with van der Waals surface area (Å²) in [5.74, 6) is -1.85. The smallest absolute Gasteiger partial charge is 0.282 e. The summed E-state index contributed by atoms with van der Waals surface area (Å²) in [7, 11) is 0. The molecule has 5 nitrogen and oxygen atoms in total. The van der Waals surface area contributed by atoms with Gasteiger partial charge in [0, 0.05) is 17.2 Å². The minimum Gasteiger partial charge on any atom is -0.366 e. The Hall–Kier alpha value is -3.25. The third kappa shape index (κ3) is 2.95. The first kappa shape index (κ1) is 15.6. The number of nitrogens with two attached hydrogens (primary N) is 1. The van der Waals surface area contributed by atoms with Crippen molar-refractivity contribution in [3.63, 3.8) is 0 Å². The average Bonchev–Trinajstić information content (AvgIpc) is 2.59. The second-order valence-corrected chi connectivity index (χ2v) is 5.24. The number of hydrogen-bond donors (Lipinski definition) is 2. The minimum atomic E-state index is -0.716. The second kappa shape index (κ2) is 6.10. The summed E-state index contributed by atoms with van der Waals surface area (Å²) in [4.78, 5) is 23.6. The molecule has 2 amide bonds. The first-order valence-corrected chi connectivity index (χ1v) is 7.08. The molecule has 6 heteroatoms. The third-order valence-electron chi connectivity index (χ3n) is 3.62. The summed E-state index contributed by atoms with van der Waals surface area (Å²) >= 11 is 0. The van der Waals surface area contributed by atoms with Gasteiger partial charge in [-0.2, -0.15) is 5.06 Å². The highest BCUT2D eigenvalue weighted by Crippen LogP contribution is 2.21. The van der Waals surface area contributed by atoms with E-state index in [1.165, 1.54) is 30.3 Å². The molecule has 0 saturated heterocycles. The normalized spacial score (nSPS) is 10.6. The van der Waals surface area contributed by atoms with Gasteiger partial charge in [-0.25, -0.2) is 4.39 Å². The number of nitrogens with zero attached hydrogens (tertiary/aromatic N) is 1. The molecule has 0 aromatic heterocycles. The van der Waals surface area contributed by atoms with Crippen molar-refractivity contribution in [3.05, 3.63) is 77.6 Å². The standard InChI is InChI=1S/C18H13FN2O3/c19-15-2-1-3-16(10-15)21(24)18(23)13-7-5-11-4-6-12(17(20)22)8-14(11)9-13/h1-10,24H,(H2,20,22). The molecule has 24 heavy (non-hydrogen) atoms. The number of carbonyl (C=O) groups excluding carboxylic acids is 2. The summed E-state index contributed by atoms with van der Waals surface area (Å²) in [6, 6.07) is 14.7. The molecule has 0 aliphatic rings. The number of amides is 2. The molecule has 3 rings (SSSR count). The van der Waals surface area contributed by atoms with Gasteiger partial charge >= 0.3 is 0 Å². The summed E-state index contributed by atoms with van der Waals surface area (Å²) in [5, 5.41) is 11.8. The van der Waals surface area contributed by atoms with Gasteiger partial charge in [0.1, 0.15) is 5.82 Å². The minimum absolute atomic E-state index is 0.0194. The fourth-order valence-corrected chi connectivity index (χ4v) is 2.38. The number of fused-ring (bicyclic) bond motifs is 1. The molecule has 0 atom stereocenters. The monoisotopic (exact) mass is 324 g/mol. The van der Waals surface area contributed by atoms with Gasteiger partial charge in [0.25, 0.3) is 5.91 Å². The average molecular weight is 324 g/mol. The van der Waals surface area contributed by atoms with E-state index < -0.39 is 17.6 Å². The maximum absolute atomic E-state index is 13.2. The molecule has 0 spiro atoms. The Morgan fingerprint density at radius 2 is 1.58 bits per heavy atom. The Morgan fingerprint density at radius 3 is 2.25 bits per heavy atom. The predicted molar refractivity (Wildman–Crippen MR) is 87.5 cm³/mol. The van der Waals surface area contributed by atoms with Crippen molar-refractivity contribution in [2.75, 3.05) is 5.06 Å². The van der Waals surface area contributed by atoms with E-state index in [4.69, 9.17) is 5.73 Å². The summed E-state index contributed by atoms with van der Waals surface area (Å²) < 4.78 is 13.2. The van der Waals surface area contributed by atoms with Crippen LogP contribution in [0.3, 0.4) is 0 Å². The van der Waals surface area contributed by atoms with Crippen LogP contribution in [-0.4, -0.2) is 17.0 Å². The van der Waals surface area contributed by atoms with E-state index in [-0.39, 0.29) is 11.3 Å². The number of anilines is 1. The number of hydroxylamine groups is 1. The van der Waals surface area contributed by atoms with Crippen LogP contribution in [0.1, 0.15) is 20.7 Å². The Bertz CT molecular complexity index is 956. The maximum Gasteiger partial charge on any atom is 0.282 e. The number of primary amides is 1. The van der Waals surface area contributed by atoms with E-state index >= 15 is 0 Å². The summed E-state index contributed by atoms with van der Waals surface area (Å²) in [6.45, 7) is 0. The van der Waals surface area contributed by atoms with Crippen LogP contribution in [0.4, 0.5) is 10.1 Å². The maximum atomic E-state index is 13.2. The highest BCUT2D eigenvalue weighted by molar-refractivity contribution is 6.07. The van der Waals surface area contributed by atoms with E-state index in [0.29, 0.717) is 16.0 Å². The zero-order chi connectivity index (χ0) is 17.3. The Balaban J connectivity index is 1.98. The second-order valence-electron chi connectivity index (χ2n) is 5.24. The molecule has 3 aromatic rings. The van der Waals surface area contributed by atoms with Gasteiger partial charge in [-0.3, -0.25) is 14.8 Å². The molecule has 0 radical (unpaired) electrons. The van der Waals surface area contributed by atoms with Crippen molar-refractivity contribution in [1.29, 1.82) is 0 Å². The van der Waals surface area contributed by atoms with E-state index in [0.717, 1.165) is 11.5 Å². The summed E-state index contributed by atoms with van der Waals surface area (Å²) in [6.07, 6.45) is 0. The van der Waals surface area contributed by atoms with Crippen molar-refractivity contribution < 1.29 is 19.2 Å². The molecular weight excluding hydrogens is 311 g/mol. The first-order chi connectivity index (χ1) is 11.5. The summed E-state index contributed by atoms with van der Waals surface area (Å²) in [5.41, 5.74) is 5.78. The van der Waals surface area contributed by atoms with Crippen LogP contribution < -0.4 is 10.8 Å². The van der Waals surface area contributed by atoms with Gasteiger partial charge < -0.3 is 5.73 Å². The number of benzene rings is 3. The Morgan fingerprint density at radius 1 is 0.917 bits per heavy atom. The predicted octanol–water partition coefficient (Wildman–Crippen LogP) is 3.11. The van der Waals surface area contributed by atoms with Crippen LogP contribution in [0.2, 0.25) is 0 Å². The van der Waals surface area contributed by atoms with E-state index in [1.54, 1.807) is 24.3 Å². The van der Waals surface area contributed by atoms with Crippen LogP contribution in [-0.2, 0) is 0 Å². The lowest BCUT2D eigenvalue weighted by Gasteiger charge is -2.15. The largest absolute Gasteiger partial charge is 0.366 e. The van der Waals surface area contributed by atoms with E-state index in [1.807, 2.05) is 0 Å². The van der Waals surface area contributed by atoms with Gasteiger partial charge in [0.05, 0.1) is 5.69 Å². The van der Waals surface area contributed by atoms with Gasteiger partial charge in [0.15, 0.2) is 0 Å². The number of hydrogen-bond acceptors (Lipinski definition) is 3. The molecule has 0 aliphatic carbocycles. The highest BCUT2D eigenvalue weighted by Gasteiger charge is 2.16. The van der Waals surface area contributed by atoms with E-state index in [2.05, 4.69) is 0 Å². The SMILES string of the molecule is NC(=O)c1ccc2ccc(C(=O)N(O)c3cccc(F)c3)cc2c1. The Labute approximate surface area is 136 Å². The first-order valence-electron chi connectivity index (χ1n) is 7.08. The molecule has 0 saturated carbocycles. The fourth-order valence-electron chi connectivity index (χ4n) is 2.38. The Kier molecular flexibility index (Phi) is 3.97. The molecular formula is C18H13FN2O3. The number of halogens is 1. The van der Waals surface area contributed by atoms with Gasteiger partial charge in [0.2, 0.25) is 5.91 Å². The third-order valence-corrected chi connectivity index (χ3v) is 3.62. The van der Waals surface area contributed by atoms with E-state index in [9.17, 15) is 19.2 Å². The van der Waals surface area contributed by atoms with Gasteiger partial charge in [-0.1, -0.05) is 18.2 Å². The number of carbonyl (C=O) groups is 2. The molecule has 0 bridgehead atoms. The molecule has 0 aliphatic heterocycles. The zero-order valence-corrected chi connectivity index (χ0v) is 12.4. The van der Waals surface area contributed by atoms with Gasteiger partial charge in [-0.05, 0) is 47.2 Å². The lowest BCUT2D eigenvalue weighted by molar-refractivity contribution is 0.0854. The quantitative estimate of drug-likeness (QED) is 0.573.